The number of ether oxygens (including phenoxy) is 1. The van der Waals surface area contributed by atoms with Gasteiger partial charge in [-0.05, 0) is 81.7 Å². The Morgan fingerprint density at radius 1 is 1.07 bits per heavy atom. The van der Waals surface area contributed by atoms with Crippen LogP contribution in [-0.2, 0) is 31.1 Å². The van der Waals surface area contributed by atoms with E-state index in [4.69, 9.17) is 9.72 Å². The first kappa shape index (κ1) is 28.5. The molecule has 10 heteroatoms. The van der Waals surface area contributed by atoms with E-state index in [2.05, 4.69) is 37.4 Å². The summed E-state index contributed by atoms with van der Waals surface area (Å²) in [6.07, 6.45) is 11.2. The minimum absolute atomic E-state index is 0.415. The van der Waals surface area contributed by atoms with Gasteiger partial charge in [0.2, 0.25) is 0 Å². The Morgan fingerprint density at radius 2 is 1.93 bits per heavy atom. The zero-order valence-electron chi connectivity index (χ0n) is 23.7. The second kappa shape index (κ2) is 14.0. The number of unbranched alkanes of at least 4 members (excludes halogenated alkanes) is 1. The Kier molecular flexibility index (Phi) is 9.74. The van der Waals surface area contributed by atoms with Gasteiger partial charge in [-0.25, -0.2) is 14.8 Å². The van der Waals surface area contributed by atoms with E-state index in [1.807, 2.05) is 30.3 Å². The molecular formula is C31H39N7O3. The molecule has 216 valence electrons. The molecule has 1 aliphatic carbocycles. The van der Waals surface area contributed by atoms with E-state index in [1.54, 1.807) is 17.9 Å². The summed E-state index contributed by atoms with van der Waals surface area (Å²) >= 11 is 0. The summed E-state index contributed by atoms with van der Waals surface area (Å²) in [4.78, 5) is 28.0. The van der Waals surface area contributed by atoms with Gasteiger partial charge in [-0.15, -0.1) is 0 Å². The zero-order chi connectivity index (χ0) is 28.4. The molecule has 2 N–H and O–H groups in total. The fourth-order valence-electron chi connectivity index (χ4n) is 5.36. The fraction of sp³-hybridized carbons (Fsp3) is 0.452. The van der Waals surface area contributed by atoms with Crippen molar-refractivity contribution in [1.82, 2.24) is 29.6 Å². The number of nitrogens with zero attached hydrogens (tertiary/aromatic N) is 6. The second-order valence-corrected chi connectivity index (χ2v) is 10.6. The van der Waals surface area contributed by atoms with E-state index in [9.17, 15) is 9.90 Å². The summed E-state index contributed by atoms with van der Waals surface area (Å²) in [7, 11) is 1.80. The maximum Gasteiger partial charge on any atom is 0.326 e. The van der Waals surface area contributed by atoms with E-state index in [0.29, 0.717) is 43.0 Å². The number of hydrogen-bond acceptors (Lipinski definition) is 8. The number of fused-ring (bicyclic) bond motifs is 2. The molecule has 5 rings (SSSR count). The summed E-state index contributed by atoms with van der Waals surface area (Å²) in [5.41, 5.74) is 4.52. The highest BCUT2D eigenvalue weighted by molar-refractivity contribution is 5.88. The van der Waals surface area contributed by atoms with Crippen molar-refractivity contribution in [3.05, 3.63) is 71.9 Å². The van der Waals surface area contributed by atoms with Crippen molar-refractivity contribution < 1.29 is 14.6 Å². The molecule has 0 bridgehead atoms. The number of benzene rings is 1. The van der Waals surface area contributed by atoms with Crippen LogP contribution in [0, 0.1) is 0 Å². The van der Waals surface area contributed by atoms with Crippen molar-refractivity contribution in [3.63, 3.8) is 0 Å². The molecule has 4 aromatic rings. The van der Waals surface area contributed by atoms with Crippen LogP contribution in [0.25, 0.3) is 11.0 Å². The van der Waals surface area contributed by atoms with Gasteiger partial charge in [0.1, 0.15) is 30.5 Å². The molecule has 0 fully saturated rings. The molecule has 3 aromatic heterocycles. The van der Waals surface area contributed by atoms with Crippen LogP contribution >= 0.6 is 0 Å². The molecule has 0 saturated heterocycles. The number of carboxylic acid groups (broad SMARTS) is 1. The standard InChI is InChI=1S/C31H39N7O3/c1-37-30-26(21-34-37)29(32-22-33-30)36-28(31(39)40)16-18-38(19-20-41-25-11-3-2-4-12-25)17-8-7-10-24-15-14-23-9-5-6-13-27(23)35-24/h2-4,11-12,14-15,21-22,28H,5-10,13,16-20H2,1H3,(H,39,40)(H,32,33,36)/t28-/m0/s1. The number of carbonyl (C=O) groups is 1. The van der Waals surface area contributed by atoms with Gasteiger partial charge in [0.25, 0.3) is 0 Å². The van der Waals surface area contributed by atoms with E-state index < -0.39 is 12.0 Å². The monoisotopic (exact) mass is 557 g/mol. The van der Waals surface area contributed by atoms with Crippen LogP contribution in [0.3, 0.4) is 0 Å². The molecule has 41 heavy (non-hydrogen) atoms. The number of hydrogen-bond donors (Lipinski definition) is 2. The Bertz CT molecular complexity index is 1430. The third-order valence-electron chi connectivity index (χ3n) is 7.69. The minimum atomic E-state index is -0.917. The smallest absolute Gasteiger partial charge is 0.326 e. The highest BCUT2D eigenvalue weighted by Crippen LogP contribution is 2.21. The van der Waals surface area contributed by atoms with Crippen LogP contribution in [-0.4, -0.2) is 73.0 Å². The van der Waals surface area contributed by atoms with E-state index in [1.165, 1.54) is 36.1 Å². The van der Waals surface area contributed by atoms with Gasteiger partial charge in [0, 0.05) is 31.5 Å². The number of carboxylic acids is 1. The molecule has 0 aliphatic heterocycles. The molecule has 0 spiro atoms. The lowest BCUT2D eigenvalue weighted by atomic mass is 9.95. The van der Waals surface area contributed by atoms with Crippen LogP contribution in [0.2, 0.25) is 0 Å². The molecule has 0 saturated carbocycles. The van der Waals surface area contributed by atoms with Crippen molar-refractivity contribution in [1.29, 1.82) is 0 Å². The quantitative estimate of drug-likeness (QED) is 0.206. The number of rotatable bonds is 15. The number of pyridine rings is 1. The van der Waals surface area contributed by atoms with E-state index in [0.717, 1.165) is 44.4 Å². The molecule has 1 aliphatic rings. The van der Waals surface area contributed by atoms with Gasteiger partial charge >= 0.3 is 5.97 Å². The largest absolute Gasteiger partial charge is 0.492 e. The molecule has 0 radical (unpaired) electrons. The lowest BCUT2D eigenvalue weighted by Crippen LogP contribution is -2.37. The summed E-state index contributed by atoms with van der Waals surface area (Å²) in [6, 6.07) is 13.4. The highest BCUT2D eigenvalue weighted by atomic mass is 16.5. The first-order chi connectivity index (χ1) is 20.1. The van der Waals surface area contributed by atoms with Gasteiger partial charge in [-0.2, -0.15) is 5.10 Å². The first-order valence-corrected chi connectivity index (χ1v) is 14.6. The lowest BCUT2D eigenvalue weighted by Gasteiger charge is -2.25. The first-order valence-electron chi connectivity index (χ1n) is 14.6. The van der Waals surface area contributed by atoms with Crippen molar-refractivity contribution >= 4 is 22.8 Å². The van der Waals surface area contributed by atoms with Crippen LogP contribution < -0.4 is 10.1 Å². The van der Waals surface area contributed by atoms with Gasteiger partial charge in [0.15, 0.2) is 5.65 Å². The predicted octanol–water partition coefficient (Wildman–Crippen LogP) is 4.30. The molecule has 1 atom stereocenters. The average molecular weight is 558 g/mol. The van der Waals surface area contributed by atoms with Crippen LogP contribution in [0.1, 0.15) is 49.1 Å². The summed E-state index contributed by atoms with van der Waals surface area (Å²) in [6.45, 7) is 2.71. The van der Waals surface area contributed by atoms with Crippen molar-refractivity contribution in [2.75, 3.05) is 31.6 Å². The Morgan fingerprint density at radius 3 is 2.78 bits per heavy atom. The van der Waals surface area contributed by atoms with Crippen molar-refractivity contribution in [3.8, 4) is 5.75 Å². The summed E-state index contributed by atoms with van der Waals surface area (Å²) in [5.74, 6) is 0.395. The average Bonchev–Trinajstić information content (AvgIpc) is 3.38. The minimum Gasteiger partial charge on any atom is -0.492 e. The number of aliphatic carboxylic acids is 1. The normalized spacial score (nSPS) is 13.7. The lowest BCUT2D eigenvalue weighted by molar-refractivity contribution is -0.138. The molecule has 10 nitrogen and oxygen atoms in total. The number of nitrogens with one attached hydrogen (secondary N) is 1. The Labute approximate surface area is 240 Å². The Hall–Kier alpha value is -4.05. The molecule has 3 heterocycles. The zero-order valence-corrected chi connectivity index (χ0v) is 23.7. The van der Waals surface area contributed by atoms with Gasteiger partial charge in [-0.3, -0.25) is 14.6 Å². The summed E-state index contributed by atoms with van der Waals surface area (Å²) < 4.78 is 7.60. The molecule has 0 amide bonds. The van der Waals surface area contributed by atoms with Gasteiger partial charge in [0.05, 0.1) is 11.6 Å². The van der Waals surface area contributed by atoms with E-state index >= 15 is 0 Å². The Balaban J connectivity index is 1.17. The highest BCUT2D eigenvalue weighted by Gasteiger charge is 2.21. The fourth-order valence-corrected chi connectivity index (χ4v) is 5.36. The summed E-state index contributed by atoms with van der Waals surface area (Å²) in [5, 5.41) is 18.0. The maximum absolute atomic E-state index is 12.2. The topological polar surface area (TPSA) is 118 Å². The SMILES string of the molecule is Cn1ncc2c(N[C@@H](CCN(CCCCc3ccc4c(n3)CCCC4)CCOc3ccccc3)C(=O)O)ncnc21. The van der Waals surface area contributed by atoms with Crippen LogP contribution in [0.15, 0.2) is 55.0 Å². The molecule has 0 unspecified atom stereocenters. The number of para-hydroxylation sites is 1. The second-order valence-electron chi connectivity index (χ2n) is 10.6. The number of anilines is 1. The molecule has 1 aromatic carbocycles. The molecular weight excluding hydrogens is 518 g/mol. The van der Waals surface area contributed by atoms with Gasteiger partial charge in [-0.1, -0.05) is 24.3 Å². The van der Waals surface area contributed by atoms with E-state index in [-0.39, 0.29) is 0 Å². The third kappa shape index (κ3) is 7.79. The van der Waals surface area contributed by atoms with Crippen LogP contribution in [0.4, 0.5) is 5.82 Å². The number of aromatic nitrogens is 5. The maximum atomic E-state index is 12.2. The number of aryl methyl sites for hydroxylation is 4. The van der Waals surface area contributed by atoms with Crippen molar-refractivity contribution in [2.45, 2.75) is 57.4 Å². The predicted molar refractivity (Wildman–Crippen MR) is 158 cm³/mol. The third-order valence-corrected chi connectivity index (χ3v) is 7.69. The van der Waals surface area contributed by atoms with Crippen LogP contribution in [0.5, 0.6) is 5.75 Å². The van der Waals surface area contributed by atoms with Gasteiger partial charge < -0.3 is 15.2 Å². The van der Waals surface area contributed by atoms with Crippen molar-refractivity contribution in [2.24, 2.45) is 7.05 Å².